The molecule has 1 aromatic heterocycles. The highest BCUT2D eigenvalue weighted by Crippen LogP contribution is 2.04. The molecule has 0 unspecified atom stereocenters. The molecule has 2 rings (SSSR count). The van der Waals surface area contributed by atoms with Gasteiger partial charge in [-0.3, -0.25) is 4.79 Å². The Morgan fingerprint density at radius 3 is 2.61 bits per heavy atom. The van der Waals surface area contributed by atoms with Crippen molar-refractivity contribution in [2.75, 3.05) is 5.43 Å². The molecular weight excluding hydrogens is 228 g/mol. The van der Waals surface area contributed by atoms with Gasteiger partial charge in [-0.05, 0) is 17.7 Å². The number of nitrogens with one attached hydrogen (secondary N) is 2. The Kier molecular flexibility index (Phi) is 3.88. The maximum Gasteiger partial charge on any atom is 0.270 e. The van der Waals surface area contributed by atoms with Gasteiger partial charge in [0.25, 0.3) is 5.91 Å². The molecule has 0 aliphatic carbocycles. The van der Waals surface area contributed by atoms with E-state index in [0.29, 0.717) is 18.1 Å². The second-order valence-corrected chi connectivity index (χ2v) is 3.72. The average Bonchev–Trinajstić information content (AvgIpc) is 2.46. The lowest BCUT2D eigenvalue weighted by molar-refractivity contribution is 0.0946. The first-order chi connectivity index (χ1) is 8.79. The van der Waals surface area contributed by atoms with Gasteiger partial charge >= 0.3 is 0 Å². The Morgan fingerprint density at radius 1 is 1.11 bits per heavy atom. The van der Waals surface area contributed by atoms with Crippen molar-refractivity contribution in [3.8, 4) is 0 Å². The van der Waals surface area contributed by atoms with Gasteiger partial charge in [-0.25, -0.2) is 10.8 Å². The largest absolute Gasteiger partial charge is 0.347 e. The normalized spacial score (nSPS) is 9.83. The lowest BCUT2D eigenvalue weighted by Gasteiger charge is -2.06. The second-order valence-electron chi connectivity index (χ2n) is 3.72. The number of hydrazine groups is 1. The SMILES string of the molecule is NNc1cccc(C(=O)NCc2ccccc2)n1. The molecule has 2 aromatic rings. The van der Waals surface area contributed by atoms with Gasteiger partial charge in [-0.15, -0.1) is 0 Å². The molecule has 0 saturated carbocycles. The van der Waals surface area contributed by atoms with Crippen LogP contribution in [0.1, 0.15) is 16.1 Å². The van der Waals surface area contributed by atoms with E-state index >= 15 is 0 Å². The molecule has 0 saturated heterocycles. The van der Waals surface area contributed by atoms with Gasteiger partial charge < -0.3 is 10.7 Å². The van der Waals surface area contributed by atoms with Crippen molar-refractivity contribution in [3.05, 3.63) is 59.8 Å². The highest BCUT2D eigenvalue weighted by atomic mass is 16.1. The quantitative estimate of drug-likeness (QED) is 0.557. The molecule has 5 heteroatoms. The topological polar surface area (TPSA) is 80.0 Å². The third kappa shape index (κ3) is 3.05. The molecule has 0 atom stereocenters. The van der Waals surface area contributed by atoms with Gasteiger partial charge in [0.2, 0.25) is 0 Å². The molecule has 4 N–H and O–H groups in total. The monoisotopic (exact) mass is 242 g/mol. The minimum atomic E-state index is -0.226. The highest BCUT2D eigenvalue weighted by Gasteiger charge is 2.07. The fraction of sp³-hybridized carbons (Fsp3) is 0.0769. The van der Waals surface area contributed by atoms with Crippen LogP contribution in [0.5, 0.6) is 0 Å². The van der Waals surface area contributed by atoms with Crippen molar-refractivity contribution in [1.29, 1.82) is 0 Å². The lowest BCUT2D eigenvalue weighted by Crippen LogP contribution is -2.24. The number of carbonyl (C=O) groups is 1. The number of amides is 1. The number of nitrogen functional groups attached to an aromatic ring is 1. The Balaban J connectivity index is 1.99. The number of hydrogen-bond acceptors (Lipinski definition) is 4. The van der Waals surface area contributed by atoms with Crippen LogP contribution >= 0.6 is 0 Å². The fourth-order valence-electron chi connectivity index (χ4n) is 1.51. The van der Waals surface area contributed by atoms with Gasteiger partial charge in [0.05, 0.1) is 0 Å². The molecule has 92 valence electrons. The molecule has 0 fully saturated rings. The third-order valence-corrected chi connectivity index (χ3v) is 2.43. The second kappa shape index (κ2) is 5.79. The van der Waals surface area contributed by atoms with Crippen LogP contribution in [-0.2, 0) is 6.54 Å². The zero-order valence-electron chi connectivity index (χ0n) is 9.76. The summed E-state index contributed by atoms with van der Waals surface area (Å²) in [5.74, 6) is 5.47. The number of aromatic nitrogens is 1. The van der Waals surface area contributed by atoms with Gasteiger partial charge in [0.15, 0.2) is 0 Å². The van der Waals surface area contributed by atoms with E-state index in [1.165, 1.54) is 0 Å². The van der Waals surface area contributed by atoms with E-state index in [4.69, 9.17) is 5.84 Å². The lowest BCUT2D eigenvalue weighted by atomic mass is 10.2. The van der Waals surface area contributed by atoms with Crippen molar-refractivity contribution in [3.63, 3.8) is 0 Å². The zero-order chi connectivity index (χ0) is 12.8. The molecule has 0 aliphatic rings. The van der Waals surface area contributed by atoms with Crippen LogP contribution in [0, 0.1) is 0 Å². The minimum absolute atomic E-state index is 0.226. The van der Waals surface area contributed by atoms with Crippen LogP contribution in [0.4, 0.5) is 5.82 Å². The number of nitrogens with two attached hydrogens (primary N) is 1. The van der Waals surface area contributed by atoms with Crippen molar-refractivity contribution in [2.24, 2.45) is 5.84 Å². The Labute approximate surface area is 105 Å². The Hall–Kier alpha value is -2.40. The van der Waals surface area contributed by atoms with E-state index in [2.05, 4.69) is 15.7 Å². The molecule has 1 aromatic carbocycles. The number of rotatable bonds is 4. The standard InChI is InChI=1S/C13H14N4O/c14-17-12-8-4-7-11(16-12)13(18)15-9-10-5-2-1-3-6-10/h1-8H,9,14H2,(H,15,18)(H,16,17). The summed E-state index contributed by atoms with van der Waals surface area (Å²) in [6.07, 6.45) is 0. The van der Waals surface area contributed by atoms with Crippen LogP contribution in [0.2, 0.25) is 0 Å². The molecule has 0 radical (unpaired) electrons. The first kappa shape index (κ1) is 12.1. The maximum atomic E-state index is 11.8. The van der Waals surface area contributed by atoms with E-state index in [9.17, 15) is 4.79 Å². The number of carbonyl (C=O) groups excluding carboxylic acids is 1. The smallest absolute Gasteiger partial charge is 0.270 e. The van der Waals surface area contributed by atoms with Gasteiger partial charge in [0.1, 0.15) is 11.5 Å². The first-order valence-corrected chi connectivity index (χ1v) is 5.55. The molecule has 5 nitrogen and oxygen atoms in total. The van der Waals surface area contributed by atoms with Gasteiger partial charge in [-0.1, -0.05) is 36.4 Å². The minimum Gasteiger partial charge on any atom is -0.347 e. The number of anilines is 1. The molecule has 18 heavy (non-hydrogen) atoms. The van der Waals surface area contributed by atoms with Crippen molar-refractivity contribution in [1.82, 2.24) is 10.3 Å². The predicted molar refractivity (Wildman–Crippen MR) is 69.7 cm³/mol. The predicted octanol–water partition coefficient (Wildman–Crippen LogP) is 1.30. The number of pyridine rings is 1. The summed E-state index contributed by atoms with van der Waals surface area (Å²) >= 11 is 0. The fourth-order valence-corrected chi connectivity index (χ4v) is 1.51. The van der Waals surface area contributed by atoms with Gasteiger partial charge in [-0.2, -0.15) is 0 Å². The number of nitrogens with zero attached hydrogens (tertiary/aromatic N) is 1. The summed E-state index contributed by atoms with van der Waals surface area (Å²) in [5.41, 5.74) is 3.78. The highest BCUT2D eigenvalue weighted by molar-refractivity contribution is 5.92. The summed E-state index contributed by atoms with van der Waals surface area (Å²) in [4.78, 5) is 15.9. The molecule has 1 heterocycles. The van der Waals surface area contributed by atoms with Crippen molar-refractivity contribution >= 4 is 11.7 Å². The summed E-state index contributed by atoms with van der Waals surface area (Å²) in [6, 6.07) is 14.7. The summed E-state index contributed by atoms with van der Waals surface area (Å²) in [6.45, 7) is 0.474. The number of benzene rings is 1. The van der Waals surface area contributed by atoms with E-state index in [-0.39, 0.29) is 5.91 Å². The van der Waals surface area contributed by atoms with Crippen LogP contribution in [-0.4, -0.2) is 10.9 Å². The Bertz CT molecular complexity index is 528. The molecular formula is C13H14N4O. The first-order valence-electron chi connectivity index (χ1n) is 5.55. The van der Waals surface area contributed by atoms with E-state index in [1.54, 1.807) is 18.2 Å². The maximum absolute atomic E-state index is 11.8. The summed E-state index contributed by atoms with van der Waals surface area (Å²) in [5, 5.41) is 2.80. The van der Waals surface area contributed by atoms with Crippen LogP contribution < -0.4 is 16.6 Å². The van der Waals surface area contributed by atoms with E-state index in [1.807, 2.05) is 30.3 Å². The third-order valence-electron chi connectivity index (χ3n) is 2.43. The van der Waals surface area contributed by atoms with Gasteiger partial charge in [0, 0.05) is 6.54 Å². The van der Waals surface area contributed by atoms with Crippen LogP contribution in [0.25, 0.3) is 0 Å². The van der Waals surface area contributed by atoms with E-state index < -0.39 is 0 Å². The van der Waals surface area contributed by atoms with E-state index in [0.717, 1.165) is 5.56 Å². The average molecular weight is 242 g/mol. The molecule has 0 spiro atoms. The summed E-state index contributed by atoms with van der Waals surface area (Å²) in [7, 11) is 0. The van der Waals surface area contributed by atoms with Crippen LogP contribution in [0.3, 0.4) is 0 Å². The molecule has 0 bridgehead atoms. The molecule has 0 aliphatic heterocycles. The van der Waals surface area contributed by atoms with Crippen molar-refractivity contribution in [2.45, 2.75) is 6.54 Å². The summed E-state index contributed by atoms with van der Waals surface area (Å²) < 4.78 is 0. The van der Waals surface area contributed by atoms with Crippen molar-refractivity contribution < 1.29 is 4.79 Å². The molecule has 1 amide bonds. The van der Waals surface area contributed by atoms with Crippen LogP contribution in [0.15, 0.2) is 48.5 Å². The number of hydrogen-bond donors (Lipinski definition) is 3. The zero-order valence-corrected chi connectivity index (χ0v) is 9.76. The Morgan fingerprint density at radius 2 is 1.89 bits per heavy atom.